The maximum Gasteiger partial charge on any atom is 0.223 e. The van der Waals surface area contributed by atoms with Crippen molar-refractivity contribution in [1.29, 1.82) is 0 Å². The predicted molar refractivity (Wildman–Crippen MR) is 115 cm³/mol. The molecule has 1 aromatic carbocycles. The van der Waals surface area contributed by atoms with Gasteiger partial charge in [-0.05, 0) is 55.5 Å². The van der Waals surface area contributed by atoms with Crippen LogP contribution in [0.1, 0.15) is 37.7 Å². The van der Waals surface area contributed by atoms with Gasteiger partial charge < -0.3 is 14.8 Å². The zero-order valence-corrected chi connectivity index (χ0v) is 17.5. The Kier molecular flexibility index (Phi) is 6.97. The maximum absolute atomic E-state index is 12.1. The van der Waals surface area contributed by atoms with Crippen LogP contribution in [0, 0.1) is 0 Å². The Morgan fingerprint density at radius 2 is 1.90 bits per heavy atom. The number of hydrogen-bond acceptors (Lipinski definition) is 5. The van der Waals surface area contributed by atoms with Gasteiger partial charge in [0.25, 0.3) is 0 Å². The minimum atomic E-state index is 0.000554. The van der Waals surface area contributed by atoms with Crippen LogP contribution in [0.4, 0.5) is 0 Å². The molecule has 2 aliphatic rings. The number of aromatic nitrogens is 1. The van der Waals surface area contributed by atoms with Crippen molar-refractivity contribution in [1.82, 2.24) is 15.2 Å². The van der Waals surface area contributed by atoms with E-state index in [4.69, 9.17) is 9.47 Å². The highest BCUT2D eigenvalue weighted by atomic mass is 16.5. The quantitative estimate of drug-likeness (QED) is 0.726. The summed E-state index contributed by atoms with van der Waals surface area (Å²) in [5.41, 5.74) is 1.31. The summed E-state index contributed by atoms with van der Waals surface area (Å²) in [6.45, 7) is 4.06. The Morgan fingerprint density at radius 1 is 1.13 bits per heavy atom. The monoisotopic (exact) mass is 409 g/mol. The summed E-state index contributed by atoms with van der Waals surface area (Å²) in [5.74, 6) is 0.810. The van der Waals surface area contributed by atoms with E-state index >= 15 is 0 Å². The molecule has 2 aliphatic heterocycles. The largest absolute Gasteiger partial charge is 0.493 e. The highest BCUT2D eigenvalue weighted by Crippen LogP contribution is 2.39. The summed E-state index contributed by atoms with van der Waals surface area (Å²) in [6.07, 6.45) is 8.42. The first kappa shape index (κ1) is 20.8. The highest BCUT2D eigenvalue weighted by molar-refractivity contribution is 5.76. The highest BCUT2D eigenvalue weighted by Gasteiger charge is 2.42. The number of benzene rings is 1. The third kappa shape index (κ3) is 5.80. The van der Waals surface area contributed by atoms with Crippen LogP contribution < -0.4 is 10.1 Å². The van der Waals surface area contributed by atoms with Crippen LogP contribution in [-0.2, 0) is 16.1 Å². The molecule has 1 atom stereocenters. The zero-order valence-electron chi connectivity index (χ0n) is 17.5. The average molecular weight is 410 g/mol. The van der Waals surface area contributed by atoms with Gasteiger partial charge in [0, 0.05) is 38.6 Å². The standard InChI is InChI=1S/C24H31N3O3/c28-23(9-17-29-21-4-2-1-3-5-21)26-18-22-6-10-24(30-22)11-15-27(16-12-24)19-20-7-13-25-14-8-20/h1-5,7-8,13-14,22H,6,9-12,15-19H2,(H,26,28)/t22-/m1/s1. The minimum Gasteiger partial charge on any atom is -0.493 e. The molecule has 6 nitrogen and oxygen atoms in total. The Bertz CT molecular complexity index is 792. The van der Waals surface area contributed by atoms with E-state index in [0.29, 0.717) is 19.6 Å². The fraction of sp³-hybridized carbons (Fsp3) is 0.500. The van der Waals surface area contributed by atoms with Crippen LogP contribution in [0.25, 0.3) is 0 Å². The van der Waals surface area contributed by atoms with Crippen LogP contribution in [0.5, 0.6) is 5.75 Å². The van der Waals surface area contributed by atoms with E-state index in [-0.39, 0.29) is 17.6 Å². The first-order valence-electron chi connectivity index (χ1n) is 10.9. The molecule has 0 bridgehead atoms. The molecule has 1 aromatic heterocycles. The number of carbonyl (C=O) groups is 1. The lowest BCUT2D eigenvalue weighted by atomic mass is 9.88. The molecule has 2 fully saturated rings. The molecule has 1 amide bonds. The van der Waals surface area contributed by atoms with Crippen molar-refractivity contribution in [2.24, 2.45) is 0 Å². The maximum atomic E-state index is 12.1. The molecule has 2 aromatic rings. The molecule has 3 heterocycles. The van der Waals surface area contributed by atoms with Crippen molar-refractivity contribution >= 4 is 5.91 Å². The molecule has 2 saturated heterocycles. The second kappa shape index (κ2) is 10.0. The van der Waals surface area contributed by atoms with Crippen molar-refractivity contribution in [3.05, 3.63) is 60.4 Å². The van der Waals surface area contributed by atoms with Gasteiger partial charge in [-0.3, -0.25) is 14.7 Å². The molecule has 0 saturated carbocycles. The number of likely N-dealkylation sites (tertiary alicyclic amines) is 1. The first-order chi connectivity index (χ1) is 14.7. The van der Waals surface area contributed by atoms with Gasteiger partial charge in [0.1, 0.15) is 5.75 Å². The first-order valence-corrected chi connectivity index (χ1v) is 10.9. The molecule has 0 radical (unpaired) electrons. The van der Waals surface area contributed by atoms with Gasteiger partial charge in [0.05, 0.1) is 24.7 Å². The van der Waals surface area contributed by atoms with Crippen molar-refractivity contribution in [2.75, 3.05) is 26.2 Å². The van der Waals surface area contributed by atoms with Gasteiger partial charge in [0.2, 0.25) is 5.91 Å². The average Bonchev–Trinajstić information content (AvgIpc) is 3.18. The van der Waals surface area contributed by atoms with Crippen molar-refractivity contribution in [3.8, 4) is 5.75 Å². The van der Waals surface area contributed by atoms with E-state index in [9.17, 15) is 4.79 Å². The van der Waals surface area contributed by atoms with Gasteiger partial charge in [-0.1, -0.05) is 18.2 Å². The van der Waals surface area contributed by atoms with Crippen LogP contribution in [0.15, 0.2) is 54.9 Å². The van der Waals surface area contributed by atoms with E-state index in [1.807, 2.05) is 42.7 Å². The predicted octanol–water partition coefficient (Wildman–Crippen LogP) is 3.18. The molecule has 0 aliphatic carbocycles. The molecule has 1 N–H and O–H groups in total. The number of piperidine rings is 1. The topological polar surface area (TPSA) is 63.7 Å². The minimum absolute atomic E-state index is 0.000554. The SMILES string of the molecule is O=C(CCOc1ccccc1)NC[C@H]1CCC2(CCN(Cc3ccncc3)CC2)O1. The molecule has 160 valence electrons. The van der Waals surface area contributed by atoms with E-state index in [1.54, 1.807) is 0 Å². The van der Waals surface area contributed by atoms with E-state index < -0.39 is 0 Å². The van der Waals surface area contributed by atoms with E-state index in [0.717, 1.165) is 51.1 Å². The van der Waals surface area contributed by atoms with Crippen molar-refractivity contribution in [3.63, 3.8) is 0 Å². The van der Waals surface area contributed by atoms with Gasteiger partial charge in [-0.2, -0.15) is 0 Å². The summed E-state index contributed by atoms with van der Waals surface area (Å²) < 4.78 is 12.0. The Hall–Kier alpha value is -2.44. The third-order valence-electron chi connectivity index (χ3n) is 6.13. The van der Waals surface area contributed by atoms with Crippen LogP contribution in [0.2, 0.25) is 0 Å². The molecule has 0 unspecified atom stereocenters. The number of ether oxygens (including phenoxy) is 2. The summed E-state index contributed by atoms with van der Waals surface area (Å²) in [7, 11) is 0. The molecule has 1 spiro atoms. The second-order valence-corrected chi connectivity index (χ2v) is 8.31. The van der Waals surface area contributed by atoms with E-state index in [1.165, 1.54) is 5.56 Å². The Morgan fingerprint density at radius 3 is 2.67 bits per heavy atom. The second-order valence-electron chi connectivity index (χ2n) is 8.31. The number of nitrogens with zero attached hydrogens (tertiary/aromatic N) is 2. The summed E-state index contributed by atoms with van der Waals surface area (Å²) in [6, 6.07) is 13.7. The summed E-state index contributed by atoms with van der Waals surface area (Å²) >= 11 is 0. The van der Waals surface area contributed by atoms with Crippen LogP contribution in [-0.4, -0.2) is 53.7 Å². The number of nitrogens with one attached hydrogen (secondary N) is 1. The molecule has 30 heavy (non-hydrogen) atoms. The smallest absolute Gasteiger partial charge is 0.223 e. The van der Waals surface area contributed by atoms with Crippen LogP contribution >= 0.6 is 0 Å². The fourth-order valence-corrected chi connectivity index (χ4v) is 4.37. The van der Waals surface area contributed by atoms with Crippen molar-refractivity contribution < 1.29 is 14.3 Å². The molecule has 4 rings (SSSR count). The van der Waals surface area contributed by atoms with Crippen LogP contribution in [0.3, 0.4) is 0 Å². The van der Waals surface area contributed by atoms with Gasteiger partial charge in [0.15, 0.2) is 0 Å². The van der Waals surface area contributed by atoms with Gasteiger partial charge >= 0.3 is 0 Å². The molecular formula is C24H31N3O3. The lowest BCUT2D eigenvalue weighted by molar-refractivity contribution is -0.123. The number of hydrogen-bond donors (Lipinski definition) is 1. The zero-order chi connectivity index (χ0) is 20.7. The molecular weight excluding hydrogens is 378 g/mol. The number of pyridine rings is 1. The van der Waals surface area contributed by atoms with Gasteiger partial charge in [-0.25, -0.2) is 0 Å². The summed E-state index contributed by atoms with van der Waals surface area (Å²) in [4.78, 5) is 18.7. The summed E-state index contributed by atoms with van der Waals surface area (Å²) in [5, 5.41) is 3.01. The Balaban J connectivity index is 1.13. The van der Waals surface area contributed by atoms with E-state index in [2.05, 4.69) is 27.3 Å². The fourth-order valence-electron chi connectivity index (χ4n) is 4.37. The van der Waals surface area contributed by atoms with Crippen molar-refractivity contribution in [2.45, 2.75) is 50.4 Å². The lowest BCUT2D eigenvalue weighted by Crippen LogP contribution is -2.44. The number of para-hydroxylation sites is 1. The lowest BCUT2D eigenvalue weighted by Gasteiger charge is -2.39. The normalized spacial score (nSPS) is 20.9. The number of rotatable bonds is 8. The molecule has 6 heteroatoms. The van der Waals surface area contributed by atoms with Gasteiger partial charge in [-0.15, -0.1) is 0 Å². The third-order valence-corrected chi connectivity index (χ3v) is 6.13. The Labute approximate surface area is 178 Å². The number of amides is 1. The number of carbonyl (C=O) groups excluding carboxylic acids is 1.